The van der Waals surface area contributed by atoms with E-state index in [4.69, 9.17) is 4.74 Å². The molecule has 1 fully saturated rings. The number of unbranched alkanes of at least 4 members (excludes halogenated alkanes) is 2. The molecule has 0 aliphatic heterocycles. The van der Waals surface area contributed by atoms with E-state index in [1.807, 2.05) is 6.92 Å². The summed E-state index contributed by atoms with van der Waals surface area (Å²) in [6.45, 7) is 2.93. The smallest absolute Gasteiger partial charge is 0.315 e. The first kappa shape index (κ1) is 16.8. The number of carbonyl (C=O) groups is 2. The van der Waals surface area contributed by atoms with Crippen molar-refractivity contribution in [2.45, 2.75) is 70.8 Å². The Morgan fingerprint density at radius 2 is 1.85 bits per heavy atom. The number of amides is 2. The van der Waals surface area contributed by atoms with Crippen LogP contribution in [0.2, 0.25) is 0 Å². The minimum atomic E-state index is -0.129. The molecule has 116 valence electrons. The van der Waals surface area contributed by atoms with Crippen LogP contribution in [0.4, 0.5) is 4.79 Å². The number of hydrogen-bond acceptors (Lipinski definition) is 3. The van der Waals surface area contributed by atoms with E-state index in [1.165, 1.54) is 19.3 Å². The Morgan fingerprint density at radius 1 is 1.10 bits per heavy atom. The number of ether oxygens (including phenoxy) is 1. The monoisotopic (exact) mass is 284 g/mol. The van der Waals surface area contributed by atoms with Crippen molar-refractivity contribution >= 4 is 12.0 Å². The average molecular weight is 284 g/mol. The second kappa shape index (κ2) is 10.5. The molecule has 5 nitrogen and oxygen atoms in total. The Morgan fingerprint density at radius 3 is 2.55 bits per heavy atom. The lowest BCUT2D eigenvalue weighted by Gasteiger charge is -2.22. The van der Waals surface area contributed by atoms with Crippen molar-refractivity contribution in [3.63, 3.8) is 0 Å². The first-order valence-corrected chi connectivity index (χ1v) is 7.92. The van der Waals surface area contributed by atoms with Gasteiger partial charge in [-0.15, -0.1) is 0 Å². The first-order chi connectivity index (χ1) is 9.72. The number of esters is 1. The largest absolute Gasteiger partial charge is 0.466 e. The van der Waals surface area contributed by atoms with Gasteiger partial charge in [-0.3, -0.25) is 4.79 Å². The number of rotatable bonds is 8. The lowest BCUT2D eigenvalue weighted by Crippen LogP contribution is -2.43. The van der Waals surface area contributed by atoms with E-state index in [-0.39, 0.29) is 12.0 Å². The van der Waals surface area contributed by atoms with E-state index in [0.29, 0.717) is 25.6 Å². The van der Waals surface area contributed by atoms with E-state index in [2.05, 4.69) is 10.6 Å². The minimum absolute atomic E-state index is 0.0534. The third kappa shape index (κ3) is 8.02. The van der Waals surface area contributed by atoms with E-state index >= 15 is 0 Å². The van der Waals surface area contributed by atoms with Gasteiger partial charge in [-0.25, -0.2) is 4.79 Å². The van der Waals surface area contributed by atoms with Gasteiger partial charge in [0.1, 0.15) is 0 Å². The first-order valence-electron chi connectivity index (χ1n) is 7.92. The van der Waals surface area contributed by atoms with Crippen molar-refractivity contribution in [3.05, 3.63) is 0 Å². The molecule has 0 atom stereocenters. The summed E-state index contributed by atoms with van der Waals surface area (Å²) in [5.74, 6) is -0.129. The Balaban J connectivity index is 1.92. The standard InChI is InChI=1S/C15H28N2O3/c1-2-20-14(18)11-7-4-8-12-16-15(19)17-13-9-5-3-6-10-13/h13H,2-12H2,1H3,(H2,16,17,19). The van der Waals surface area contributed by atoms with Crippen LogP contribution in [0.5, 0.6) is 0 Å². The predicted octanol–water partition coefficient (Wildman–Crippen LogP) is 2.74. The molecule has 0 aromatic heterocycles. The Hall–Kier alpha value is -1.26. The molecule has 0 heterocycles. The van der Waals surface area contributed by atoms with Crippen LogP contribution in [0.15, 0.2) is 0 Å². The summed E-state index contributed by atoms with van der Waals surface area (Å²) in [7, 11) is 0. The van der Waals surface area contributed by atoms with Gasteiger partial charge in [0.2, 0.25) is 0 Å². The van der Waals surface area contributed by atoms with Crippen molar-refractivity contribution in [2.24, 2.45) is 0 Å². The van der Waals surface area contributed by atoms with Crippen LogP contribution < -0.4 is 10.6 Å². The molecule has 2 amide bonds. The number of hydrogen-bond donors (Lipinski definition) is 2. The van der Waals surface area contributed by atoms with E-state index in [0.717, 1.165) is 32.1 Å². The molecule has 0 aromatic carbocycles. The predicted molar refractivity (Wildman–Crippen MR) is 78.5 cm³/mol. The van der Waals surface area contributed by atoms with Crippen LogP contribution in [0.3, 0.4) is 0 Å². The van der Waals surface area contributed by atoms with E-state index in [1.54, 1.807) is 0 Å². The van der Waals surface area contributed by atoms with Gasteiger partial charge < -0.3 is 15.4 Å². The van der Waals surface area contributed by atoms with Gasteiger partial charge in [0.25, 0.3) is 0 Å². The summed E-state index contributed by atoms with van der Waals surface area (Å²) >= 11 is 0. The molecule has 20 heavy (non-hydrogen) atoms. The zero-order valence-corrected chi connectivity index (χ0v) is 12.6. The van der Waals surface area contributed by atoms with Gasteiger partial charge in [0.15, 0.2) is 0 Å². The van der Waals surface area contributed by atoms with Gasteiger partial charge >= 0.3 is 12.0 Å². The SMILES string of the molecule is CCOC(=O)CCCCCNC(=O)NC1CCCCC1. The highest BCUT2D eigenvalue weighted by Gasteiger charge is 2.14. The topological polar surface area (TPSA) is 67.4 Å². The molecule has 0 radical (unpaired) electrons. The lowest BCUT2D eigenvalue weighted by atomic mass is 9.96. The average Bonchev–Trinajstić information content (AvgIpc) is 2.44. The maximum atomic E-state index is 11.6. The number of carbonyl (C=O) groups excluding carboxylic acids is 2. The van der Waals surface area contributed by atoms with Crippen molar-refractivity contribution in [1.29, 1.82) is 0 Å². The maximum absolute atomic E-state index is 11.6. The molecule has 0 unspecified atom stereocenters. The lowest BCUT2D eigenvalue weighted by molar-refractivity contribution is -0.143. The molecular formula is C15H28N2O3. The second-order valence-corrected chi connectivity index (χ2v) is 5.35. The third-order valence-electron chi connectivity index (χ3n) is 3.59. The molecule has 0 saturated heterocycles. The Bertz CT molecular complexity index is 289. The molecule has 0 spiro atoms. The van der Waals surface area contributed by atoms with E-state index < -0.39 is 0 Å². The summed E-state index contributed by atoms with van der Waals surface area (Å²) in [5, 5.41) is 5.90. The molecule has 5 heteroatoms. The summed E-state index contributed by atoms with van der Waals surface area (Å²) in [4.78, 5) is 22.7. The molecule has 0 bridgehead atoms. The summed E-state index contributed by atoms with van der Waals surface area (Å²) in [5.41, 5.74) is 0. The fourth-order valence-electron chi connectivity index (χ4n) is 2.49. The van der Waals surface area contributed by atoms with Crippen LogP contribution in [0, 0.1) is 0 Å². The molecule has 1 saturated carbocycles. The van der Waals surface area contributed by atoms with Gasteiger partial charge in [-0.2, -0.15) is 0 Å². The Labute approximate surface area is 121 Å². The molecule has 1 aliphatic rings. The molecule has 2 N–H and O–H groups in total. The highest BCUT2D eigenvalue weighted by molar-refractivity contribution is 5.74. The van der Waals surface area contributed by atoms with Crippen molar-refractivity contribution in [2.75, 3.05) is 13.2 Å². The highest BCUT2D eigenvalue weighted by atomic mass is 16.5. The number of urea groups is 1. The van der Waals surface area contributed by atoms with Crippen LogP contribution in [0.1, 0.15) is 64.7 Å². The van der Waals surface area contributed by atoms with Crippen molar-refractivity contribution < 1.29 is 14.3 Å². The molecule has 1 aliphatic carbocycles. The van der Waals surface area contributed by atoms with Gasteiger partial charge in [-0.05, 0) is 32.6 Å². The molecule has 1 rings (SSSR count). The quantitative estimate of drug-likeness (QED) is 0.532. The minimum Gasteiger partial charge on any atom is -0.466 e. The zero-order valence-electron chi connectivity index (χ0n) is 12.6. The zero-order chi connectivity index (χ0) is 14.6. The van der Waals surface area contributed by atoms with Crippen LogP contribution in [-0.4, -0.2) is 31.2 Å². The van der Waals surface area contributed by atoms with Gasteiger partial charge in [0, 0.05) is 19.0 Å². The van der Waals surface area contributed by atoms with Crippen molar-refractivity contribution in [3.8, 4) is 0 Å². The van der Waals surface area contributed by atoms with Crippen LogP contribution >= 0.6 is 0 Å². The van der Waals surface area contributed by atoms with Crippen molar-refractivity contribution in [1.82, 2.24) is 10.6 Å². The fraction of sp³-hybridized carbons (Fsp3) is 0.867. The van der Waals surface area contributed by atoms with Crippen LogP contribution in [0.25, 0.3) is 0 Å². The highest BCUT2D eigenvalue weighted by Crippen LogP contribution is 2.17. The second-order valence-electron chi connectivity index (χ2n) is 5.35. The molecular weight excluding hydrogens is 256 g/mol. The fourth-order valence-corrected chi connectivity index (χ4v) is 2.49. The maximum Gasteiger partial charge on any atom is 0.315 e. The third-order valence-corrected chi connectivity index (χ3v) is 3.59. The van der Waals surface area contributed by atoms with Gasteiger partial charge in [-0.1, -0.05) is 25.7 Å². The van der Waals surface area contributed by atoms with Gasteiger partial charge in [0.05, 0.1) is 6.61 Å². The normalized spacial score (nSPS) is 15.7. The molecule has 0 aromatic rings. The summed E-state index contributed by atoms with van der Waals surface area (Å²) < 4.78 is 4.85. The summed E-state index contributed by atoms with van der Waals surface area (Å²) in [6.07, 6.45) is 9.07. The Kier molecular flexibility index (Phi) is 8.83. The van der Waals surface area contributed by atoms with Crippen LogP contribution in [-0.2, 0) is 9.53 Å². The van der Waals surface area contributed by atoms with E-state index in [9.17, 15) is 9.59 Å². The number of nitrogens with one attached hydrogen (secondary N) is 2. The summed E-state index contributed by atoms with van der Waals surface area (Å²) in [6, 6.07) is 0.301.